The predicted molar refractivity (Wildman–Crippen MR) is 57.9 cm³/mol. The molecule has 0 spiro atoms. The highest BCUT2D eigenvalue weighted by molar-refractivity contribution is 5.49. The maximum Gasteiger partial charge on any atom is 0.130 e. The zero-order valence-corrected chi connectivity index (χ0v) is 7.73. The van der Waals surface area contributed by atoms with E-state index in [2.05, 4.69) is 24.3 Å². The van der Waals surface area contributed by atoms with Gasteiger partial charge in [-0.3, -0.25) is 0 Å². The number of para-hydroxylation sites is 2. The first-order chi connectivity index (χ1) is 6.93. The lowest BCUT2D eigenvalue weighted by Gasteiger charge is -2.19. The summed E-state index contributed by atoms with van der Waals surface area (Å²) in [6, 6.07) is 16.4. The van der Waals surface area contributed by atoms with Crippen LogP contribution in [-0.2, 0) is 6.42 Å². The molecular formula is C13H12O. The Kier molecular flexibility index (Phi) is 1.57. The average molecular weight is 184 g/mol. The fourth-order valence-electron chi connectivity index (χ4n) is 1.82. The minimum absolute atomic E-state index is 0. The van der Waals surface area contributed by atoms with Gasteiger partial charge in [0, 0.05) is 7.85 Å². The van der Waals surface area contributed by atoms with Crippen molar-refractivity contribution in [2.24, 2.45) is 0 Å². The van der Waals surface area contributed by atoms with Crippen molar-refractivity contribution >= 4 is 0 Å². The summed E-state index contributed by atoms with van der Waals surface area (Å²) in [7, 11) is 0. The Morgan fingerprint density at radius 1 is 0.786 bits per heavy atom. The predicted octanol–water partition coefficient (Wildman–Crippen LogP) is 3.63. The summed E-state index contributed by atoms with van der Waals surface area (Å²) in [4.78, 5) is 0. The second kappa shape index (κ2) is 2.88. The zero-order valence-electron chi connectivity index (χ0n) is 7.73. The van der Waals surface area contributed by atoms with Gasteiger partial charge < -0.3 is 4.74 Å². The molecule has 2 aromatic carbocycles. The number of ether oxygens (including phenoxy) is 1. The Labute approximate surface area is 84.4 Å². The smallest absolute Gasteiger partial charge is 0.130 e. The van der Waals surface area contributed by atoms with E-state index in [0.29, 0.717) is 0 Å². The second-order valence-electron chi connectivity index (χ2n) is 3.49. The van der Waals surface area contributed by atoms with Gasteiger partial charge in [-0.15, -0.1) is 0 Å². The molecule has 0 unspecified atom stereocenters. The van der Waals surface area contributed by atoms with Crippen LogP contribution in [0.15, 0.2) is 48.5 Å². The number of fused-ring (bicyclic) bond motifs is 2. The minimum atomic E-state index is 0. The third kappa shape index (κ3) is 1.10. The lowest BCUT2D eigenvalue weighted by molar-refractivity contribution is 0.460. The molecule has 1 aliphatic rings. The van der Waals surface area contributed by atoms with Gasteiger partial charge in [0.25, 0.3) is 0 Å². The van der Waals surface area contributed by atoms with E-state index >= 15 is 0 Å². The molecule has 0 saturated heterocycles. The highest BCUT2D eigenvalue weighted by Gasteiger charge is 2.14. The van der Waals surface area contributed by atoms with Crippen LogP contribution in [0, 0.1) is 0 Å². The second-order valence-corrected chi connectivity index (χ2v) is 3.49. The summed E-state index contributed by atoms with van der Waals surface area (Å²) in [5.74, 6) is 1.98. The Morgan fingerprint density at radius 2 is 1.29 bits per heavy atom. The summed E-state index contributed by atoms with van der Waals surface area (Å²) in [6.07, 6.45) is 0.979. The molecule has 1 nitrogen and oxygen atoms in total. The molecule has 0 bridgehead atoms. The van der Waals surface area contributed by atoms with Crippen LogP contribution in [0.4, 0.5) is 0 Å². The van der Waals surface area contributed by atoms with E-state index in [1.165, 1.54) is 11.1 Å². The third-order valence-electron chi connectivity index (χ3n) is 2.55. The minimum Gasteiger partial charge on any atom is -0.457 e. The van der Waals surface area contributed by atoms with Crippen molar-refractivity contribution in [2.45, 2.75) is 6.42 Å². The molecule has 0 amide bonds. The van der Waals surface area contributed by atoms with E-state index in [1.807, 2.05) is 24.3 Å². The van der Waals surface area contributed by atoms with Crippen LogP contribution in [0.2, 0.25) is 0 Å². The molecule has 0 fully saturated rings. The summed E-state index contributed by atoms with van der Waals surface area (Å²) in [6.45, 7) is 0. The molecular weight excluding hydrogens is 172 g/mol. The van der Waals surface area contributed by atoms with Gasteiger partial charge in [0.15, 0.2) is 0 Å². The topological polar surface area (TPSA) is 9.23 Å². The molecule has 14 heavy (non-hydrogen) atoms. The molecule has 0 atom stereocenters. The molecule has 1 aliphatic heterocycles. The molecule has 0 saturated carbocycles. The van der Waals surface area contributed by atoms with Gasteiger partial charge in [-0.05, 0) is 23.3 Å². The van der Waals surface area contributed by atoms with Crippen LogP contribution in [0.25, 0.3) is 0 Å². The van der Waals surface area contributed by atoms with Crippen molar-refractivity contribution in [2.75, 3.05) is 0 Å². The fourth-order valence-corrected chi connectivity index (χ4v) is 1.82. The van der Waals surface area contributed by atoms with Crippen molar-refractivity contribution in [3.8, 4) is 11.5 Å². The van der Waals surface area contributed by atoms with Crippen LogP contribution in [0.3, 0.4) is 0 Å². The van der Waals surface area contributed by atoms with Crippen LogP contribution in [0.5, 0.6) is 11.5 Å². The van der Waals surface area contributed by atoms with E-state index < -0.39 is 0 Å². The summed E-state index contributed by atoms with van der Waals surface area (Å²) in [5, 5.41) is 0. The van der Waals surface area contributed by atoms with Gasteiger partial charge in [0.1, 0.15) is 11.5 Å². The fraction of sp³-hybridized carbons (Fsp3) is 0.0769. The van der Waals surface area contributed by atoms with Gasteiger partial charge >= 0.3 is 0 Å². The first-order valence-corrected chi connectivity index (χ1v) is 4.77. The van der Waals surface area contributed by atoms with Gasteiger partial charge in [-0.2, -0.15) is 0 Å². The van der Waals surface area contributed by atoms with E-state index in [1.54, 1.807) is 0 Å². The molecule has 2 aromatic rings. The van der Waals surface area contributed by atoms with Crippen LogP contribution < -0.4 is 4.74 Å². The Hall–Kier alpha value is -1.76. The quantitative estimate of drug-likeness (QED) is 0.518. The molecule has 1 heterocycles. The van der Waals surface area contributed by atoms with E-state index in [9.17, 15) is 0 Å². The van der Waals surface area contributed by atoms with Gasteiger partial charge in [0.2, 0.25) is 0 Å². The summed E-state index contributed by atoms with van der Waals surface area (Å²) in [5.41, 5.74) is 2.54. The molecule has 0 aliphatic carbocycles. The molecule has 70 valence electrons. The molecule has 0 aromatic heterocycles. The molecule has 1 heteroatoms. The van der Waals surface area contributed by atoms with Gasteiger partial charge in [-0.1, -0.05) is 36.4 Å². The first-order valence-electron chi connectivity index (χ1n) is 4.77. The van der Waals surface area contributed by atoms with Crippen molar-refractivity contribution in [3.63, 3.8) is 0 Å². The van der Waals surface area contributed by atoms with E-state index in [4.69, 9.17) is 4.74 Å². The highest BCUT2D eigenvalue weighted by Crippen LogP contribution is 2.35. The van der Waals surface area contributed by atoms with Crippen molar-refractivity contribution in [3.05, 3.63) is 59.7 Å². The Morgan fingerprint density at radius 3 is 1.86 bits per heavy atom. The van der Waals surface area contributed by atoms with Crippen molar-refractivity contribution < 1.29 is 6.16 Å². The SMILES string of the molecule is [HH].c1ccc2c(c1)Cc1ccccc1O2. The molecule has 3 rings (SSSR count). The Balaban J connectivity index is 0.000000853. The van der Waals surface area contributed by atoms with Crippen molar-refractivity contribution in [1.29, 1.82) is 0 Å². The van der Waals surface area contributed by atoms with Crippen LogP contribution >= 0.6 is 0 Å². The zero-order chi connectivity index (χ0) is 9.38. The summed E-state index contributed by atoms with van der Waals surface area (Å²) >= 11 is 0. The highest BCUT2D eigenvalue weighted by atomic mass is 16.5. The number of hydrogen-bond donors (Lipinski definition) is 0. The van der Waals surface area contributed by atoms with Gasteiger partial charge in [0.05, 0.1) is 0 Å². The third-order valence-corrected chi connectivity index (χ3v) is 2.55. The molecule has 0 radical (unpaired) electrons. The Bertz CT molecular complexity index is 392. The largest absolute Gasteiger partial charge is 0.457 e. The van der Waals surface area contributed by atoms with Crippen LogP contribution in [-0.4, -0.2) is 0 Å². The standard InChI is InChI=1S/C13H10O.H2/c1-3-7-12-10(5-1)9-11-6-2-4-8-13(11)14-12;/h1-8H,9H2;1H. The summed E-state index contributed by atoms with van der Waals surface area (Å²) < 4.78 is 5.78. The lowest BCUT2D eigenvalue weighted by Crippen LogP contribution is -2.01. The van der Waals surface area contributed by atoms with Crippen molar-refractivity contribution in [1.82, 2.24) is 0 Å². The lowest BCUT2D eigenvalue weighted by atomic mass is 10.0. The number of rotatable bonds is 0. The van der Waals surface area contributed by atoms with Gasteiger partial charge in [-0.25, -0.2) is 0 Å². The monoisotopic (exact) mass is 184 g/mol. The van der Waals surface area contributed by atoms with E-state index in [-0.39, 0.29) is 1.43 Å². The molecule has 0 N–H and O–H groups in total. The van der Waals surface area contributed by atoms with Crippen LogP contribution in [0.1, 0.15) is 12.6 Å². The number of hydrogen-bond acceptors (Lipinski definition) is 1. The normalized spacial score (nSPS) is 12.6. The average Bonchev–Trinajstić information content (AvgIpc) is 2.26. The maximum absolute atomic E-state index is 5.78. The maximum atomic E-state index is 5.78. The van der Waals surface area contributed by atoms with E-state index in [0.717, 1.165) is 17.9 Å². The first kappa shape index (κ1) is 7.63. The number of benzene rings is 2.